The molecule has 2 aliphatic rings. The predicted molar refractivity (Wildman–Crippen MR) is 114 cm³/mol. The molecule has 0 aromatic heterocycles. The summed E-state index contributed by atoms with van der Waals surface area (Å²) < 4.78 is 1.14. The maximum absolute atomic E-state index is 11.6. The van der Waals surface area contributed by atoms with Crippen molar-refractivity contribution in [3.63, 3.8) is 0 Å². The summed E-state index contributed by atoms with van der Waals surface area (Å²) in [7, 11) is 1.71. The van der Waals surface area contributed by atoms with Crippen LogP contribution in [0.3, 0.4) is 0 Å². The summed E-state index contributed by atoms with van der Waals surface area (Å²) in [5.74, 6) is 1.66. The zero-order chi connectivity index (χ0) is 19.3. The van der Waals surface area contributed by atoms with Gasteiger partial charge in [0.1, 0.15) is 0 Å². The van der Waals surface area contributed by atoms with Gasteiger partial charge in [-0.1, -0.05) is 28.1 Å². The van der Waals surface area contributed by atoms with Gasteiger partial charge in [-0.3, -0.25) is 9.79 Å². The third-order valence-electron chi connectivity index (χ3n) is 5.82. The molecule has 2 fully saturated rings. The molecular formula is C21H31BrN4O. The van der Waals surface area contributed by atoms with Crippen molar-refractivity contribution in [1.29, 1.82) is 0 Å². The molecule has 0 radical (unpaired) electrons. The van der Waals surface area contributed by atoms with E-state index >= 15 is 0 Å². The predicted octanol–water partition coefficient (Wildman–Crippen LogP) is 3.29. The molecule has 6 heteroatoms. The molecular weight excluding hydrogens is 404 g/mol. The Morgan fingerprint density at radius 2 is 2.07 bits per heavy atom. The topological polar surface area (TPSA) is 56.7 Å². The first-order valence-corrected chi connectivity index (χ1v) is 10.9. The fourth-order valence-electron chi connectivity index (χ4n) is 3.87. The number of carbonyl (C=O) groups excluding carboxylic acids is 1. The van der Waals surface area contributed by atoms with Crippen molar-refractivity contribution >= 4 is 27.8 Å². The lowest BCUT2D eigenvalue weighted by Gasteiger charge is -2.34. The van der Waals surface area contributed by atoms with Crippen LogP contribution in [0.1, 0.15) is 44.6 Å². The smallest absolute Gasteiger partial charge is 0.220 e. The third kappa shape index (κ3) is 5.24. The second kappa shape index (κ2) is 9.09. The van der Waals surface area contributed by atoms with Crippen LogP contribution in [0.4, 0.5) is 0 Å². The maximum atomic E-state index is 11.6. The molecule has 1 aromatic rings. The first-order chi connectivity index (χ1) is 13.1. The summed E-state index contributed by atoms with van der Waals surface area (Å²) in [5, 5.41) is 6.21. The summed E-state index contributed by atoms with van der Waals surface area (Å²) >= 11 is 3.59. The second-order valence-electron chi connectivity index (χ2n) is 7.77. The van der Waals surface area contributed by atoms with Crippen molar-refractivity contribution in [2.75, 3.05) is 33.2 Å². The molecule has 0 atom stereocenters. The first kappa shape index (κ1) is 20.2. The van der Waals surface area contributed by atoms with Gasteiger partial charge in [-0.25, -0.2) is 0 Å². The van der Waals surface area contributed by atoms with E-state index in [4.69, 9.17) is 4.99 Å². The minimum absolute atomic E-state index is 0.152. The summed E-state index contributed by atoms with van der Waals surface area (Å²) in [6.45, 7) is 5.77. The van der Waals surface area contributed by atoms with Crippen LogP contribution in [0.25, 0.3) is 0 Å². The molecule has 1 amide bonds. The standard InChI is InChI=1S/C21H31BrN4O/c1-3-24-20(26-11-7-16(8-12-26)13-19(27)23-2)25-15-21(9-10-21)17-5-4-6-18(22)14-17/h4-6,14,16H,3,7-13,15H2,1-2H3,(H,23,27)(H,24,25). The molecule has 148 valence electrons. The molecule has 0 bridgehead atoms. The van der Waals surface area contributed by atoms with Crippen LogP contribution in [0, 0.1) is 5.92 Å². The van der Waals surface area contributed by atoms with E-state index in [0.717, 1.165) is 49.5 Å². The SMILES string of the molecule is CCNC(=NCC1(c2cccc(Br)c2)CC1)N1CCC(CC(=O)NC)CC1. The van der Waals surface area contributed by atoms with Crippen molar-refractivity contribution in [3.05, 3.63) is 34.3 Å². The Bertz CT molecular complexity index is 679. The molecule has 1 aromatic carbocycles. The lowest BCUT2D eigenvalue weighted by atomic mass is 9.93. The number of nitrogens with one attached hydrogen (secondary N) is 2. The minimum Gasteiger partial charge on any atom is -0.359 e. The highest BCUT2D eigenvalue weighted by atomic mass is 79.9. The summed E-state index contributed by atoms with van der Waals surface area (Å²) in [4.78, 5) is 19.0. The van der Waals surface area contributed by atoms with Gasteiger partial charge in [0, 0.05) is 43.0 Å². The number of aliphatic imine (C=N–C) groups is 1. The molecule has 1 saturated heterocycles. The molecule has 3 rings (SSSR count). The number of carbonyl (C=O) groups is 1. The number of hydrogen-bond acceptors (Lipinski definition) is 2. The number of amides is 1. The monoisotopic (exact) mass is 434 g/mol. The van der Waals surface area contributed by atoms with E-state index in [2.05, 4.69) is 62.7 Å². The molecule has 1 aliphatic carbocycles. The number of guanidine groups is 1. The van der Waals surface area contributed by atoms with Crippen LogP contribution in [0.15, 0.2) is 33.7 Å². The Labute approximate surface area is 171 Å². The zero-order valence-corrected chi connectivity index (χ0v) is 18.0. The van der Waals surface area contributed by atoms with Gasteiger partial charge >= 0.3 is 0 Å². The van der Waals surface area contributed by atoms with Crippen molar-refractivity contribution in [3.8, 4) is 0 Å². The number of hydrogen-bond donors (Lipinski definition) is 2. The number of likely N-dealkylation sites (tertiary alicyclic amines) is 1. The minimum atomic E-state index is 0.152. The fraction of sp³-hybridized carbons (Fsp3) is 0.619. The van der Waals surface area contributed by atoms with Gasteiger partial charge in [-0.15, -0.1) is 0 Å². The van der Waals surface area contributed by atoms with E-state index in [1.165, 1.54) is 18.4 Å². The Kier molecular flexibility index (Phi) is 6.79. The second-order valence-corrected chi connectivity index (χ2v) is 8.68. The first-order valence-electron chi connectivity index (χ1n) is 10.1. The Hall–Kier alpha value is -1.56. The summed E-state index contributed by atoms with van der Waals surface area (Å²) in [6, 6.07) is 8.66. The maximum Gasteiger partial charge on any atom is 0.220 e. The number of halogens is 1. The Morgan fingerprint density at radius 3 is 2.67 bits per heavy atom. The van der Waals surface area contributed by atoms with Crippen molar-refractivity contribution in [2.45, 2.75) is 44.4 Å². The number of benzene rings is 1. The quantitative estimate of drug-likeness (QED) is 0.533. The highest BCUT2D eigenvalue weighted by Crippen LogP contribution is 2.48. The molecule has 5 nitrogen and oxygen atoms in total. The zero-order valence-electron chi connectivity index (χ0n) is 16.4. The van der Waals surface area contributed by atoms with Gasteiger partial charge in [0.05, 0.1) is 6.54 Å². The van der Waals surface area contributed by atoms with Gasteiger partial charge in [0.2, 0.25) is 5.91 Å². The Balaban J connectivity index is 1.61. The normalized spacial score (nSPS) is 19.7. The van der Waals surface area contributed by atoms with Crippen LogP contribution >= 0.6 is 15.9 Å². The molecule has 1 heterocycles. The van der Waals surface area contributed by atoms with Gasteiger partial charge in [0.25, 0.3) is 0 Å². The third-order valence-corrected chi connectivity index (χ3v) is 6.32. The number of piperidine rings is 1. The van der Waals surface area contributed by atoms with E-state index < -0.39 is 0 Å². The highest BCUT2D eigenvalue weighted by molar-refractivity contribution is 9.10. The van der Waals surface area contributed by atoms with E-state index in [1.54, 1.807) is 7.05 Å². The molecule has 0 unspecified atom stereocenters. The van der Waals surface area contributed by atoms with Gasteiger partial charge in [0.15, 0.2) is 5.96 Å². The van der Waals surface area contributed by atoms with Gasteiger partial charge in [-0.05, 0) is 56.2 Å². The molecule has 0 spiro atoms. The van der Waals surface area contributed by atoms with Crippen LogP contribution in [-0.4, -0.2) is 50.0 Å². The summed E-state index contributed by atoms with van der Waals surface area (Å²) in [6.07, 6.45) is 5.16. The average Bonchev–Trinajstić information content (AvgIpc) is 3.47. The Morgan fingerprint density at radius 1 is 1.33 bits per heavy atom. The molecule has 1 saturated carbocycles. The van der Waals surface area contributed by atoms with E-state index in [9.17, 15) is 4.79 Å². The van der Waals surface area contributed by atoms with E-state index in [0.29, 0.717) is 12.3 Å². The lowest BCUT2D eigenvalue weighted by molar-refractivity contribution is -0.121. The van der Waals surface area contributed by atoms with Crippen LogP contribution < -0.4 is 10.6 Å². The summed E-state index contributed by atoms with van der Waals surface area (Å²) in [5.41, 5.74) is 1.60. The van der Waals surface area contributed by atoms with Gasteiger partial charge < -0.3 is 15.5 Å². The van der Waals surface area contributed by atoms with E-state index in [-0.39, 0.29) is 11.3 Å². The van der Waals surface area contributed by atoms with Crippen LogP contribution in [0.5, 0.6) is 0 Å². The molecule has 1 aliphatic heterocycles. The largest absolute Gasteiger partial charge is 0.359 e. The number of rotatable bonds is 6. The van der Waals surface area contributed by atoms with Crippen molar-refractivity contribution in [1.82, 2.24) is 15.5 Å². The fourth-order valence-corrected chi connectivity index (χ4v) is 4.27. The molecule has 27 heavy (non-hydrogen) atoms. The van der Waals surface area contributed by atoms with Gasteiger partial charge in [-0.2, -0.15) is 0 Å². The highest BCUT2D eigenvalue weighted by Gasteiger charge is 2.44. The van der Waals surface area contributed by atoms with Crippen LogP contribution in [0.2, 0.25) is 0 Å². The van der Waals surface area contributed by atoms with Crippen molar-refractivity contribution in [2.24, 2.45) is 10.9 Å². The lowest BCUT2D eigenvalue weighted by Crippen LogP contribution is -2.46. The van der Waals surface area contributed by atoms with Crippen LogP contribution in [-0.2, 0) is 10.2 Å². The molecule has 2 N–H and O–H groups in total. The van der Waals surface area contributed by atoms with Crippen molar-refractivity contribution < 1.29 is 4.79 Å². The van der Waals surface area contributed by atoms with E-state index in [1.807, 2.05) is 0 Å². The average molecular weight is 435 g/mol. The number of nitrogens with zero attached hydrogens (tertiary/aromatic N) is 2.